The van der Waals surface area contributed by atoms with Crippen LogP contribution >= 0.6 is 11.3 Å². The summed E-state index contributed by atoms with van der Waals surface area (Å²) < 4.78 is 7.08. The Morgan fingerprint density at radius 1 is 1.07 bits per heavy atom. The molecule has 0 N–H and O–H groups in total. The quantitative estimate of drug-likeness (QED) is 0.351. The largest absolute Gasteiger partial charge is 0.424 e. The molecule has 28 heavy (non-hydrogen) atoms. The van der Waals surface area contributed by atoms with E-state index in [2.05, 4.69) is 50.2 Å². The zero-order chi connectivity index (χ0) is 19.7. The number of pyridine rings is 1. The van der Waals surface area contributed by atoms with Crippen LogP contribution < -0.4 is 4.74 Å². The maximum absolute atomic E-state index is 12.5. The molecule has 2 aromatic heterocycles. The second kappa shape index (κ2) is 7.72. The van der Waals surface area contributed by atoms with Crippen LogP contribution in [0.3, 0.4) is 0 Å². The van der Waals surface area contributed by atoms with E-state index in [4.69, 9.17) is 9.72 Å². The van der Waals surface area contributed by atoms with Crippen molar-refractivity contribution >= 4 is 37.6 Å². The number of aryl methyl sites for hydroxylation is 2. The van der Waals surface area contributed by atoms with Crippen molar-refractivity contribution < 1.29 is 9.53 Å². The van der Waals surface area contributed by atoms with Gasteiger partial charge in [-0.05, 0) is 31.9 Å². The molecule has 4 aromatic rings. The molecule has 4 rings (SSSR count). The molecule has 0 amide bonds. The van der Waals surface area contributed by atoms with Gasteiger partial charge in [0.1, 0.15) is 4.83 Å². The van der Waals surface area contributed by atoms with Gasteiger partial charge in [0, 0.05) is 27.5 Å². The Bertz CT molecular complexity index is 1160. The van der Waals surface area contributed by atoms with E-state index in [1.54, 1.807) is 11.3 Å². The molecule has 0 aliphatic carbocycles. The molecule has 0 fully saturated rings. The summed E-state index contributed by atoms with van der Waals surface area (Å²) in [6.45, 7) is 6.06. The topological polar surface area (TPSA) is 39.2 Å². The van der Waals surface area contributed by atoms with Crippen molar-refractivity contribution in [3.05, 3.63) is 59.8 Å². The lowest BCUT2D eigenvalue weighted by Crippen LogP contribution is -2.10. The zero-order valence-corrected chi connectivity index (χ0v) is 17.2. The summed E-state index contributed by atoms with van der Waals surface area (Å²) in [7, 11) is 0. The normalized spacial score (nSPS) is 11.2. The Kier molecular flexibility index (Phi) is 5.14. The monoisotopic (exact) mass is 389 g/mol. The molecule has 0 radical (unpaired) electrons. The van der Waals surface area contributed by atoms with Gasteiger partial charge in [-0.15, -0.1) is 11.3 Å². The Balaban J connectivity index is 2.00. The van der Waals surface area contributed by atoms with E-state index in [1.165, 1.54) is 10.3 Å². The molecule has 0 spiro atoms. The number of esters is 1. The third-order valence-corrected chi connectivity index (χ3v) is 6.01. The number of carbonyl (C=O) groups is 1. The number of ether oxygens (including phenoxy) is 1. The molecule has 0 unspecified atom stereocenters. The Hall–Kier alpha value is -2.72. The van der Waals surface area contributed by atoms with Crippen LogP contribution in [-0.2, 0) is 4.79 Å². The number of rotatable bonds is 5. The minimum absolute atomic E-state index is 0.195. The van der Waals surface area contributed by atoms with Gasteiger partial charge >= 0.3 is 5.97 Å². The van der Waals surface area contributed by atoms with Crippen molar-refractivity contribution in [2.75, 3.05) is 0 Å². The summed E-state index contributed by atoms with van der Waals surface area (Å²) in [5, 5.41) is 2.21. The molecule has 2 aromatic carbocycles. The van der Waals surface area contributed by atoms with E-state index in [9.17, 15) is 4.79 Å². The summed E-state index contributed by atoms with van der Waals surface area (Å²) in [4.78, 5) is 18.2. The highest BCUT2D eigenvalue weighted by molar-refractivity contribution is 7.25. The van der Waals surface area contributed by atoms with Crippen LogP contribution in [0.15, 0.2) is 48.5 Å². The van der Waals surface area contributed by atoms with E-state index >= 15 is 0 Å². The third kappa shape index (κ3) is 3.40. The van der Waals surface area contributed by atoms with Crippen LogP contribution in [0.5, 0.6) is 5.75 Å². The van der Waals surface area contributed by atoms with E-state index in [0.717, 1.165) is 45.3 Å². The summed E-state index contributed by atoms with van der Waals surface area (Å²) in [5.41, 5.74) is 3.95. The summed E-state index contributed by atoms with van der Waals surface area (Å²) in [6.07, 6.45) is 2.21. The molecular formula is C24H23NO2S. The molecule has 2 heterocycles. The molecule has 142 valence electrons. The number of fused-ring (bicyclic) bond motifs is 3. The minimum Gasteiger partial charge on any atom is -0.424 e. The third-order valence-electron chi connectivity index (χ3n) is 4.94. The standard InChI is InChI=1S/C24H23NO2S/c1-4-5-10-20(26)27-23-16(3)25-24-22(18-8-6-7-9-19(18)28-24)21(23)17-13-11-15(2)12-14-17/h6-9,11-14H,4-5,10H2,1-3H3. The van der Waals surface area contributed by atoms with Crippen molar-refractivity contribution in [3.8, 4) is 16.9 Å². The van der Waals surface area contributed by atoms with Gasteiger partial charge in [-0.1, -0.05) is 61.4 Å². The first-order valence-electron chi connectivity index (χ1n) is 9.68. The summed E-state index contributed by atoms with van der Waals surface area (Å²) in [5.74, 6) is 0.389. The van der Waals surface area contributed by atoms with Crippen molar-refractivity contribution in [2.45, 2.75) is 40.0 Å². The fourth-order valence-electron chi connectivity index (χ4n) is 3.46. The lowest BCUT2D eigenvalue weighted by atomic mass is 9.98. The second-order valence-electron chi connectivity index (χ2n) is 7.12. The predicted molar refractivity (Wildman–Crippen MR) is 117 cm³/mol. The molecule has 0 aliphatic heterocycles. The lowest BCUT2D eigenvalue weighted by Gasteiger charge is -2.15. The van der Waals surface area contributed by atoms with Gasteiger partial charge in [0.2, 0.25) is 0 Å². The van der Waals surface area contributed by atoms with Gasteiger partial charge in [-0.25, -0.2) is 4.98 Å². The molecule has 0 aliphatic rings. The van der Waals surface area contributed by atoms with Crippen molar-refractivity contribution in [1.29, 1.82) is 0 Å². The van der Waals surface area contributed by atoms with Crippen molar-refractivity contribution in [2.24, 2.45) is 0 Å². The van der Waals surface area contributed by atoms with Gasteiger partial charge in [0.15, 0.2) is 5.75 Å². The van der Waals surface area contributed by atoms with Crippen molar-refractivity contribution in [1.82, 2.24) is 4.98 Å². The first kappa shape index (κ1) is 18.6. The average Bonchev–Trinajstić information content (AvgIpc) is 3.05. The van der Waals surface area contributed by atoms with Gasteiger partial charge in [-0.2, -0.15) is 0 Å². The van der Waals surface area contributed by atoms with Crippen LogP contribution in [0.25, 0.3) is 31.4 Å². The molecule has 4 heteroatoms. The number of thiophene rings is 1. The number of aromatic nitrogens is 1. The maximum atomic E-state index is 12.5. The highest BCUT2D eigenvalue weighted by Gasteiger charge is 2.21. The van der Waals surface area contributed by atoms with Crippen LogP contribution in [0.2, 0.25) is 0 Å². The number of unbranched alkanes of at least 4 members (excludes halogenated alkanes) is 1. The number of nitrogens with zero attached hydrogens (tertiary/aromatic N) is 1. The lowest BCUT2D eigenvalue weighted by molar-refractivity contribution is -0.134. The zero-order valence-electron chi connectivity index (χ0n) is 16.4. The first-order valence-corrected chi connectivity index (χ1v) is 10.5. The minimum atomic E-state index is -0.195. The number of hydrogen-bond donors (Lipinski definition) is 0. The average molecular weight is 390 g/mol. The van der Waals surface area contributed by atoms with Crippen LogP contribution in [-0.4, -0.2) is 11.0 Å². The molecule has 3 nitrogen and oxygen atoms in total. The van der Waals surface area contributed by atoms with Gasteiger partial charge < -0.3 is 4.74 Å². The number of benzene rings is 2. The maximum Gasteiger partial charge on any atom is 0.311 e. The van der Waals surface area contributed by atoms with Crippen LogP contribution in [0, 0.1) is 13.8 Å². The molecule has 0 bridgehead atoms. The highest BCUT2D eigenvalue weighted by atomic mass is 32.1. The molecule has 0 saturated heterocycles. The fraction of sp³-hybridized carbons (Fsp3) is 0.250. The Morgan fingerprint density at radius 3 is 2.57 bits per heavy atom. The van der Waals surface area contributed by atoms with E-state index in [-0.39, 0.29) is 5.97 Å². The fourth-order valence-corrected chi connectivity index (χ4v) is 4.59. The first-order chi connectivity index (χ1) is 13.6. The van der Waals surface area contributed by atoms with E-state index in [1.807, 2.05) is 19.1 Å². The summed E-state index contributed by atoms with van der Waals surface area (Å²) >= 11 is 1.68. The van der Waals surface area contributed by atoms with Crippen LogP contribution in [0.1, 0.15) is 37.4 Å². The molecular weight excluding hydrogens is 366 g/mol. The van der Waals surface area contributed by atoms with E-state index in [0.29, 0.717) is 12.2 Å². The van der Waals surface area contributed by atoms with E-state index < -0.39 is 0 Å². The molecule has 0 saturated carbocycles. The summed E-state index contributed by atoms with van der Waals surface area (Å²) in [6, 6.07) is 16.7. The van der Waals surface area contributed by atoms with Gasteiger partial charge in [0.25, 0.3) is 0 Å². The SMILES string of the molecule is CCCCC(=O)Oc1c(C)nc2sc3ccccc3c2c1-c1ccc(C)cc1. The van der Waals surface area contributed by atoms with Gasteiger partial charge in [0.05, 0.1) is 5.69 Å². The number of hydrogen-bond acceptors (Lipinski definition) is 4. The predicted octanol–water partition coefficient (Wildman–Crippen LogP) is 6.83. The number of carbonyl (C=O) groups excluding carboxylic acids is 1. The van der Waals surface area contributed by atoms with Gasteiger partial charge in [-0.3, -0.25) is 4.79 Å². The smallest absolute Gasteiger partial charge is 0.311 e. The van der Waals surface area contributed by atoms with Crippen LogP contribution in [0.4, 0.5) is 0 Å². The Morgan fingerprint density at radius 2 is 1.82 bits per heavy atom. The molecule has 0 atom stereocenters. The Labute approximate surface area is 169 Å². The van der Waals surface area contributed by atoms with Crippen molar-refractivity contribution in [3.63, 3.8) is 0 Å². The second-order valence-corrected chi connectivity index (χ2v) is 8.15. The highest BCUT2D eigenvalue weighted by Crippen LogP contribution is 2.45.